The van der Waals surface area contributed by atoms with Crippen LogP contribution >= 0.6 is 12.4 Å². The molecule has 5 nitrogen and oxygen atoms in total. The summed E-state index contributed by atoms with van der Waals surface area (Å²) in [7, 11) is 0. The lowest BCUT2D eigenvalue weighted by atomic mass is 9.87. The lowest BCUT2D eigenvalue weighted by Gasteiger charge is -2.29. The Balaban J connectivity index is 0.00000240. The third-order valence-electron chi connectivity index (χ3n) is 6.30. The predicted octanol–water partition coefficient (Wildman–Crippen LogP) is 3.86. The molecule has 1 amide bonds. The smallest absolute Gasteiger partial charge is 0.272 e. The Hall–Kier alpha value is -1.85. The minimum Gasteiger partial charge on any atom is -0.330 e. The van der Waals surface area contributed by atoms with Crippen LogP contribution in [0.4, 0.5) is 0 Å². The van der Waals surface area contributed by atoms with E-state index in [1.807, 2.05) is 10.7 Å². The van der Waals surface area contributed by atoms with E-state index >= 15 is 0 Å². The number of carbonyl (C=O) groups is 1. The van der Waals surface area contributed by atoms with Crippen LogP contribution in [-0.4, -0.2) is 40.2 Å². The first-order valence-corrected chi connectivity index (χ1v) is 10.6. The van der Waals surface area contributed by atoms with Gasteiger partial charge in [0, 0.05) is 32.1 Å². The van der Waals surface area contributed by atoms with E-state index in [2.05, 4.69) is 62.2 Å². The van der Waals surface area contributed by atoms with Crippen LogP contribution in [0, 0.1) is 24.7 Å². The van der Waals surface area contributed by atoms with Gasteiger partial charge in [-0.3, -0.25) is 9.48 Å². The van der Waals surface area contributed by atoms with Gasteiger partial charge in [0.2, 0.25) is 0 Å². The van der Waals surface area contributed by atoms with Crippen molar-refractivity contribution in [3.63, 3.8) is 0 Å². The number of halogens is 1. The summed E-state index contributed by atoms with van der Waals surface area (Å²) in [5.41, 5.74) is 4.32. The van der Waals surface area contributed by atoms with Crippen LogP contribution in [0.1, 0.15) is 54.1 Å². The fraction of sp³-hybridized carbons (Fsp3) is 0.565. The molecule has 2 aliphatic rings. The fourth-order valence-corrected chi connectivity index (χ4v) is 5.00. The zero-order chi connectivity index (χ0) is 19.8. The Morgan fingerprint density at radius 2 is 2.03 bits per heavy atom. The van der Waals surface area contributed by atoms with E-state index in [4.69, 9.17) is 5.10 Å². The highest BCUT2D eigenvalue weighted by Crippen LogP contribution is 2.44. The van der Waals surface area contributed by atoms with Crippen LogP contribution in [0.3, 0.4) is 0 Å². The second-order valence-electron chi connectivity index (χ2n) is 8.78. The van der Waals surface area contributed by atoms with Crippen molar-refractivity contribution in [3.8, 4) is 0 Å². The largest absolute Gasteiger partial charge is 0.330 e. The molecule has 158 valence electrons. The van der Waals surface area contributed by atoms with E-state index in [-0.39, 0.29) is 24.4 Å². The van der Waals surface area contributed by atoms with Crippen molar-refractivity contribution in [2.24, 2.45) is 17.8 Å². The maximum absolute atomic E-state index is 13.7. The number of benzene rings is 1. The van der Waals surface area contributed by atoms with Gasteiger partial charge in [-0.2, -0.15) is 5.10 Å². The average molecular weight is 417 g/mol. The van der Waals surface area contributed by atoms with E-state index < -0.39 is 0 Å². The Morgan fingerprint density at radius 3 is 2.72 bits per heavy atom. The van der Waals surface area contributed by atoms with Gasteiger partial charge >= 0.3 is 0 Å². The first kappa shape index (κ1) is 21.8. The number of amides is 1. The van der Waals surface area contributed by atoms with Gasteiger partial charge in [0.05, 0.1) is 11.7 Å². The molecule has 3 atom stereocenters. The minimum absolute atomic E-state index is 0. The zero-order valence-corrected chi connectivity index (χ0v) is 18.7. The SMILES string of the molecule is CCn1nc(CC(C)C)cc1C(=O)N1C[C@@H]2CNC[C@@H]2[C@H]1c1ccccc1C.Cl. The van der Waals surface area contributed by atoms with Gasteiger partial charge in [-0.05, 0) is 49.3 Å². The molecule has 0 unspecified atom stereocenters. The molecule has 2 aromatic rings. The van der Waals surface area contributed by atoms with Crippen molar-refractivity contribution < 1.29 is 4.79 Å². The van der Waals surface area contributed by atoms with Gasteiger partial charge in [0.25, 0.3) is 5.91 Å². The minimum atomic E-state index is 0. The topological polar surface area (TPSA) is 50.2 Å². The molecular formula is C23H33ClN4O. The number of hydrogen-bond acceptors (Lipinski definition) is 3. The molecule has 2 aliphatic heterocycles. The Kier molecular flexibility index (Phi) is 6.69. The van der Waals surface area contributed by atoms with Crippen LogP contribution in [-0.2, 0) is 13.0 Å². The monoisotopic (exact) mass is 416 g/mol. The summed E-state index contributed by atoms with van der Waals surface area (Å²) in [5, 5.41) is 8.24. The van der Waals surface area contributed by atoms with Crippen molar-refractivity contribution in [1.29, 1.82) is 0 Å². The van der Waals surface area contributed by atoms with E-state index in [0.29, 0.717) is 17.8 Å². The Bertz CT molecular complexity index is 862. The third kappa shape index (κ3) is 4.08. The lowest BCUT2D eigenvalue weighted by Crippen LogP contribution is -2.36. The third-order valence-corrected chi connectivity index (χ3v) is 6.30. The summed E-state index contributed by atoms with van der Waals surface area (Å²) < 4.78 is 1.89. The second-order valence-corrected chi connectivity index (χ2v) is 8.78. The van der Waals surface area contributed by atoms with Crippen molar-refractivity contribution in [1.82, 2.24) is 20.0 Å². The highest BCUT2D eigenvalue weighted by Gasteiger charge is 2.47. The Morgan fingerprint density at radius 1 is 1.28 bits per heavy atom. The molecule has 0 radical (unpaired) electrons. The standard InChI is InChI=1S/C23H32N4O.ClH/c1-5-27-21(11-18(25-27)10-15(2)3)23(28)26-14-17-12-24-13-20(17)22(26)19-9-7-6-8-16(19)4;/h6-9,11,15,17,20,22,24H,5,10,12-14H2,1-4H3;1H/t17-,20-,22+;/m0./s1. The molecular weight excluding hydrogens is 384 g/mol. The summed E-state index contributed by atoms with van der Waals surface area (Å²) in [6, 6.07) is 10.7. The van der Waals surface area contributed by atoms with E-state index in [1.54, 1.807) is 0 Å². The predicted molar refractivity (Wildman–Crippen MR) is 118 cm³/mol. The molecule has 0 aliphatic carbocycles. The molecule has 0 saturated carbocycles. The van der Waals surface area contributed by atoms with Crippen molar-refractivity contribution in [2.45, 2.75) is 46.7 Å². The van der Waals surface area contributed by atoms with Gasteiger partial charge in [-0.25, -0.2) is 0 Å². The lowest BCUT2D eigenvalue weighted by molar-refractivity contribution is 0.0701. The summed E-state index contributed by atoms with van der Waals surface area (Å²) in [5.74, 6) is 1.67. The number of fused-ring (bicyclic) bond motifs is 1. The molecule has 29 heavy (non-hydrogen) atoms. The summed E-state index contributed by atoms with van der Waals surface area (Å²) >= 11 is 0. The van der Waals surface area contributed by atoms with Crippen LogP contribution in [0.15, 0.2) is 30.3 Å². The van der Waals surface area contributed by atoms with Gasteiger partial charge in [-0.15, -0.1) is 12.4 Å². The molecule has 1 aromatic carbocycles. The highest BCUT2D eigenvalue weighted by atomic mass is 35.5. The quantitative estimate of drug-likeness (QED) is 0.805. The van der Waals surface area contributed by atoms with Gasteiger partial charge in [0.15, 0.2) is 0 Å². The molecule has 6 heteroatoms. The molecule has 3 heterocycles. The molecule has 0 bridgehead atoms. The van der Waals surface area contributed by atoms with Crippen molar-refractivity contribution in [3.05, 3.63) is 52.8 Å². The fourth-order valence-electron chi connectivity index (χ4n) is 5.00. The first-order valence-electron chi connectivity index (χ1n) is 10.6. The van der Waals surface area contributed by atoms with Crippen LogP contribution < -0.4 is 5.32 Å². The van der Waals surface area contributed by atoms with E-state index in [0.717, 1.165) is 44.0 Å². The molecule has 2 saturated heterocycles. The number of aromatic nitrogens is 2. The summed E-state index contributed by atoms with van der Waals surface area (Å²) in [6.45, 7) is 12.1. The van der Waals surface area contributed by atoms with E-state index in [9.17, 15) is 4.79 Å². The maximum atomic E-state index is 13.7. The average Bonchev–Trinajstić information content (AvgIpc) is 3.35. The molecule has 4 rings (SSSR count). The summed E-state index contributed by atoms with van der Waals surface area (Å²) in [4.78, 5) is 15.8. The second kappa shape index (κ2) is 8.88. The number of aryl methyl sites for hydroxylation is 2. The number of rotatable bonds is 5. The molecule has 1 aromatic heterocycles. The van der Waals surface area contributed by atoms with Gasteiger partial charge in [0.1, 0.15) is 5.69 Å². The first-order chi connectivity index (χ1) is 13.5. The van der Waals surface area contributed by atoms with Crippen LogP contribution in [0.5, 0.6) is 0 Å². The molecule has 2 fully saturated rings. The summed E-state index contributed by atoms with van der Waals surface area (Å²) in [6.07, 6.45) is 0.906. The van der Waals surface area contributed by atoms with Crippen molar-refractivity contribution >= 4 is 18.3 Å². The number of hydrogen-bond donors (Lipinski definition) is 1. The highest BCUT2D eigenvalue weighted by molar-refractivity contribution is 5.93. The van der Waals surface area contributed by atoms with Crippen LogP contribution in [0.2, 0.25) is 0 Å². The van der Waals surface area contributed by atoms with Gasteiger partial charge in [-0.1, -0.05) is 38.1 Å². The zero-order valence-electron chi connectivity index (χ0n) is 17.9. The number of nitrogens with zero attached hydrogens (tertiary/aromatic N) is 3. The number of carbonyl (C=O) groups excluding carboxylic acids is 1. The van der Waals surface area contributed by atoms with Crippen LogP contribution in [0.25, 0.3) is 0 Å². The van der Waals surface area contributed by atoms with Crippen molar-refractivity contribution in [2.75, 3.05) is 19.6 Å². The van der Waals surface area contributed by atoms with E-state index in [1.165, 1.54) is 11.1 Å². The molecule has 1 N–H and O–H groups in total. The number of likely N-dealkylation sites (tertiary alicyclic amines) is 1. The molecule has 0 spiro atoms. The maximum Gasteiger partial charge on any atom is 0.272 e. The van der Waals surface area contributed by atoms with Gasteiger partial charge < -0.3 is 10.2 Å². The Labute approximate surface area is 180 Å². The normalized spacial score (nSPS) is 23.3. The number of nitrogens with one attached hydrogen (secondary N) is 1.